The van der Waals surface area contributed by atoms with Crippen molar-refractivity contribution in [2.75, 3.05) is 6.61 Å². The van der Waals surface area contributed by atoms with Crippen molar-refractivity contribution in [3.8, 4) is 0 Å². The number of rotatable bonds is 5. The van der Waals surface area contributed by atoms with Crippen molar-refractivity contribution in [1.82, 2.24) is 0 Å². The van der Waals surface area contributed by atoms with Crippen LogP contribution in [-0.2, 0) is 20.7 Å². The molecule has 4 atom stereocenters. The van der Waals surface area contributed by atoms with Crippen LogP contribution in [0, 0.1) is 23.5 Å². The topological polar surface area (TPSA) is 61.5 Å². The smallest absolute Gasteiger partial charge is 0.323 e. The van der Waals surface area contributed by atoms with E-state index >= 15 is 0 Å². The Morgan fingerprint density at radius 1 is 1.31 bits per heavy atom. The summed E-state index contributed by atoms with van der Waals surface area (Å²) in [6.45, 7) is 6.38. The number of nitrogens with two attached hydrogens (primary N) is 1. The molecule has 0 radical (unpaired) electrons. The summed E-state index contributed by atoms with van der Waals surface area (Å²) >= 11 is 0. The van der Waals surface area contributed by atoms with Crippen LogP contribution in [0.2, 0.25) is 0 Å². The molecule has 4 nitrogen and oxygen atoms in total. The van der Waals surface area contributed by atoms with Crippen LogP contribution in [-0.4, -0.2) is 30.8 Å². The van der Waals surface area contributed by atoms with Crippen LogP contribution in [0.25, 0.3) is 0 Å². The molecule has 0 amide bonds. The molecule has 1 aliphatic rings. The molecule has 26 heavy (non-hydrogen) atoms. The number of carbonyl (C=O) groups is 1. The highest BCUT2D eigenvalue weighted by Gasteiger charge is 2.34. The number of cyclic esters (lactones) is 1. The number of esters is 1. The molecule has 0 aromatic heterocycles. The third-order valence-electron chi connectivity index (χ3n) is 4.74. The largest absolute Gasteiger partial charge is 0.459 e. The highest BCUT2D eigenvalue weighted by atomic mass is 19.1. The molecule has 4 unspecified atom stereocenters. The highest BCUT2D eigenvalue weighted by molar-refractivity contribution is 5.75. The summed E-state index contributed by atoms with van der Waals surface area (Å²) < 4.78 is 38.9. The van der Waals surface area contributed by atoms with Crippen LogP contribution in [0.15, 0.2) is 18.2 Å². The van der Waals surface area contributed by atoms with Crippen molar-refractivity contribution in [2.45, 2.75) is 64.7 Å². The van der Waals surface area contributed by atoms with Crippen molar-refractivity contribution in [3.05, 3.63) is 35.4 Å². The maximum absolute atomic E-state index is 14.1. The number of halogens is 2. The van der Waals surface area contributed by atoms with Gasteiger partial charge in [0.1, 0.15) is 23.8 Å². The van der Waals surface area contributed by atoms with Crippen LogP contribution in [0.1, 0.15) is 45.6 Å². The minimum absolute atomic E-state index is 0.0539. The average Bonchev–Trinajstić information content (AvgIpc) is 2.60. The first kappa shape index (κ1) is 20.8. The fraction of sp³-hybridized carbons (Fsp3) is 0.650. The average molecular weight is 369 g/mol. The first-order chi connectivity index (χ1) is 12.3. The molecule has 1 fully saturated rings. The Kier molecular flexibility index (Phi) is 7.53. The third-order valence-corrected chi connectivity index (χ3v) is 4.74. The lowest BCUT2D eigenvalue weighted by Crippen LogP contribution is -2.41. The summed E-state index contributed by atoms with van der Waals surface area (Å²) in [5.41, 5.74) is 6.31. The molecule has 1 aromatic carbocycles. The van der Waals surface area contributed by atoms with Gasteiger partial charge in [0.2, 0.25) is 0 Å². The van der Waals surface area contributed by atoms with Crippen LogP contribution in [0.4, 0.5) is 8.78 Å². The number of hydrogen-bond donors (Lipinski definition) is 1. The Hall–Kier alpha value is -1.53. The van der Waals surface area contributed by atoms with Crippen molar-refractivity contribution in [3.63, 3.8) is 0 Å². The van der Waals surface area contributed by atoms with E-state index in [-0.39, 0.29) is 12.0 Å². The first-order valence-electron chi connectivity index (χ1n) is 9.29. The number of carbonyl (C=O) groups excluding carboxylic acids is 1. The maximum atomic E-state index is 14.1. The van der Waals surface area contributed by atoms with Crippen LogP contribution in [0.5, 0.6) is 0 Å². The van der Waals surface area contributed by atoms with Crippen molar-refractivity contribution in [2.24, 2.45) is 17.6 Å². The summed E-state index contributed by atoms with van der Waals surface area (Å²) in [5.74, 6) is -1.32. The molecular formula is C20H29F2NO3. The first-order valence-corrected chi connectivity index (χ1v) is 9.29. The van der Waals surface area contributed by atoms with E-state index in [0.29, 0.717) is 30.9 Å². The lowest BCUT2D eigenvalue weighted by atomic mass is 9.86. The van der Waals surface area contributed by atoms with Crippen molar-refractivity contribution < 1.29 is 23.0 Å². The second kappa shape index (κ2) is 9.42. The standard InChI is InChI=1S/C20H29F2NO3/c1-12(2)11-25-19-13(3)26-20(24)18(23)6-4-5-15(19)9-14-7-8-16(21)10-17(14)22/h7-8,10,12-13,15,18-19H,4-6,9,11,23H2,1-3H3. The lowest BCUT2D eigenvalue weighted by Gasteiger charge is -2.32. The van der Waals surface area contributed by atoms with Gasteiger partial charge in [-0.25, -0.2) is 8.78 Å². The molecule has 1 heterocycles. The van der Waals surface area contributed by atoms with Gasteiger partial charge < -0.3 is 15.2 Å². The van der Waals surface area contributed by atoms with Crippen LogP contribution >= 0.6 is 0 Å². The highest BCUT2D eigenvalue weighted by Crippen LogP contribution is 2.28. The van der Waals surface area contributed by atoms with E-state index < -0.39 is 29.7 Å². The maximum Gasteiger partial charge on any atom is 0.323 e. The van der Waals surface area contributed by atoms with Crippen molar-refractivity contribution in [1.29, 1.82) is 0 Å². The van der Waals surface area contributed by atoms with E-state index in [0.717, 1.165) is 18.9 Å². The zero-order valence-corrected chi connectivity index (χ0v) is 15.7. The Morgan fingerprint density at radius 2 is 2.04 bits per heavy atom. The van der Waals surface area contributed by atoms with Gasteiger partial charge >= 0.3 is 5.97 Å². The van der Waals surface area contributed by atoms with Crippen LogP contribution < -0.4 is 5.73 Å². The lowest BCUT2D eigenvalue weighted by molar-refractivity contribution is -0.160. The molecule has 2 N–H and O–H groups in total. The van der Waals surface area contributed by atoms with Gasteiger partial charge in [-0.1, -0.05) is 26.3 Å². The van der Waals surface area contributed by atoms with E-state index in [4.69, 9.17) is 15.2 Å². The molecule has 1 saturated heterocycles. The van der Waals surface area contributed by atoms with Gasteiger partial charge in [-0.15, -0.1) is 0 Å². The predicted octanol–water partition coefficient (Wildman–Crippen LogP) is 3.61. The van der Waals surface area contributed by atoms with Gasteiger partial charge in [0, 0.05) is 12.7 Å². The Bertz CT molecular complexity index is 609. The predicted molar refractivity (Wildman–Crippen MR) is 95.5 cm³/mol. The van der Waals surface area contributed by atoms with E-state index in [1.165, 1.54) is 12.1 Å². The number of benzene rings is 1. The fourth-order valence-electron chi connectivity index (χ4n) is 3.37. The minimum Gasteiger partial charge on any atom is -0.459 e. The molecule has 0 spiro atoms. The normalized spacial score (nSPS) is 27.6. The van der Waals surface area contributed by atoms with Gasteiger partial charge in [-0.3, -0.25) is 4.79 Å². The molecule has 0 saturated carbocycles. The van der Waals surface area contributed by atoms with Gasteiger partial charge in [-0.05, 0) is 49.7 Å². The Labute approximate surface area is 154 Å². The van der Waals surface area contributed by atoms with E-state index in [1.54, 1.807) is 6.92 Å². The van der Waals surface area contributed by atoms with Gasteiger partial charge in [-0.2, -0.15) is 0 Å². The SMILES string of the molecule is CC(C)COC1C(Cc2ccc(F)cc2F)CCCC(N)C(=O)OC1C. The van der Waals surface area contributed by atoms with Crippen molar-refractivity contribution >= 4 is 5.97 Å². The summed E-state index contributed by atoms with van der Waals surface area (Å²) in [6, 6.07) is 2.98. The van der Waals surface area contributed by atoms with Crippen LogP contribution in [0.3, 0.4) is 0 Å². The molecule has 6 heteroatoms. The summed E-state index contributed by atoms with van der Waals surface area (Å²) in [4.78, 5) is 12.1. The van der Waals surface area contributed by atoms with Gasteiger partial charge in [0.15, 0.2) is 0 Å². The quantitative estimate of drug-likeness (QED) is 0.806. The second-order valence-corrected chi connectivity index (χ2v) is 7.57. The van der Waals surface area contributed by atoms with Gasteiger partial charge in [0.05, 0.1) is 6.10 Å². The van der Waals surface area contributed by atoms with E-state index in [1.807, 2.05) is 13.8 Å². The number of hydrogen-bond acceptors (Lipinski definition) is 4. The molecule has 0 bridgehead atoms. The molecule has 0 aliphatic carbocycles. The zero-order valence-electron chi connectivity index (χ0n) is 15.7. The van der Waals surface area contributed by atoms with Gasteiger partial charge in [0.25, 0.3) is 0 Å². The molecule has 1 aromatic rings. The minimum atomic E-state index is -0.649. The Morgan fingerprint density at radius 3 is 2.69 bits per heavy atom. The van der Waals surface area contributed by atoms with E-state index in [9.17, 15) is 13.6 Å². The molecular weight excluding hydrogens is 340 g/mol. The van der Waals surface area contributed by atoms with E-state index in [2.05, 4.69) is 0 Å². The molecule has 146 valence electrons. The number of ether oxygens (including phenoxy) is 2. The fourth-order valence-corrected chi connectivity index (χ4v) is 3.37. The second-order valence-electron chi connectivity index (χ2n) is 7.57. The zero-order chi connectivity index (χ0) is 19.3. The third kappa shape index (κ3) is 5.74. The monoisotopic (exact) mass is 369 g/mol. The summed E-state index contributed by atoms with van der Waals surface area (Å²) in [5, 5.41) is 0. The molecule has 2 rings (SSSR count). The summed E-state index contributed by atoms with van der Waals surface area (Å²) in [7, 11) is 0. The summed E-state index contributed by atoms with van der Waals surface area (Å²) in [6.07, 6.45) is 1.51. The molecule has 1 aliphatic heterocycles. The Balaban J connectivity index is 2.24.